The lowest BCUT2D eigenvalue weighted by molar-refractivity contribution is 0.387. The van der Waals surface area contributed by atoms with E-state index in [4.69, 9.17) is 4.74 Å². The van der Waals surface area contributed by atoms with E-state index in [1.54, 1.807) is 6.07 Å². The molecular weight excluding hydrogens is 311 g/mol. The Bertz CT molecular complexity index is 909. The van der Waals surface area contributed by atoms with Crippen molar-refractivity contribution in [2.45, 2.75) is 32.4 Å². The van der Waals surface area contributed by atoms with Gasteiger partial charge in [-0.1, -0.05) is 0 Å². The molecule has 1 aliphatic rings. The fourth-order valence-corrected chi connectivity index (χ4v) is 3.10. The lowest BCUT2D eigenvalue weighted by atomic mass is 10.1. The Kier molecular flexibility index (Phi) is 3.51. The van der Waals surface area contributed by atoms with Crippen LogP contribution in [0, 0.1) is 12.7 Å². The van der Waals surface area contributed by atoms with Gasteiger partial charge in [0.05, 0.1) is 18.7 Å². The van der Waals surface area contributed by atoms with E-state index in [0.29, 0.717) is 16.7 Å². The van der Waals surface area contributed by atoms with Gasteiger partial charge in [0.15, 0.2) is 11.6 Å². The Morgan fingerprint density at radius 1 is 1.33 bits per heavy atom. The minimum atomic E-state index is -0.442. The van der Waals surface area contributed by atoms with Crippen LogP contribution in [0.25, 0.3) is 10.9 Å². The van der Waals surface area contributed by atoms with Crippen LogP contribution in [0.2, 0.25) is 0 Å². The summed E-state index contributed by atoms with van der Waals surface area (Å²) in [6.07, 6.45) is 3.37. The molecular formula is C16H17FN6O. The number of nitrogens with zero attached hydrogens (tertiary/aromatic N) is 5. The normalized spacial score (nSPS) is 16.9. The van der Waals surface area contributed by atoms with Crippen LogP contribution in [0.1, 0.15) is 30.5 Å². The van der Waals surface area contributed by atoms with E-state index in [1.165, 1.54) is 19.5 Å². The zero-order valence-corrected chi connectivity index (χ0v) is 13.5. The number of aromatic nitrogens is 5. The van der Waals surface area contributed by atoms with E-state index < -0.39 is 5.82 Å². The van der Waals surface area contributed by atoms with Gasteiger partial charge >= 0.3 is 0 Å². The van der Waals surface area contributed by atoms with Crippen molar-refractivity contribution in [1.29, 1.82) is 0 Å². The number of benzene rings is 1. The third-order valence-corrected chi connectivity index (χ3v) is 4.20. The highest BCUT2D eigenvalue weighted by molar-refractivity contribution is 5.90. The van der Waals surface area contributed by atoms with Crippen LogP contribution in [0.15, 0.2) is 18.5 Å². The quantitative estimate of drug-likeness (QED) is 0.796. The molecule has 8 heteroatoms. The third-order valence-electron chi connectivity index (χ3n) is 4.20. The average Bonchev–Trinajstić information content (AvgIpc) is 2.96. The maximum atomic E-state index is 13.9. The topological polar surface area (TPSA) is 77.8 Å². The van der Waals surface area contributed by atoms with Gasteiger partial charge in [-0.25, -0.2) is 24.0 Å². The van der Waals surface area contributed by atoms with E-state index >= 15 is 0 Å². The second-order valence-electron chi connectivity index (χ2n) is 5.81. The number of methoxy groups -OCH3 is 1. The van der Waals surface area contributed by atoms with Crippen LogP contribution in [0.4, 0.5) is 10.2 Å². The van der Waals surface area contributed by atoms with Crippen molar-refractivity contribution in [3.05, 3.63) is 35.9 Å². The molecule has 0 saturated heterocycles. The molecule has 2 aromatic heterocycles. The first-order valence-electron chi connectivity index (χ1n) is 7.82. The average molecular weight is 328 g/mol. The van der Waals surface area contributed by atoms with Crippen LogP contribution >= 0.6 is 0 Å². The zero-order valence-electron chi connectivity index (χ0n) is 13.5. The Morgan fingerprint density at radius 2 is 2.21 bits per heavy atom. The highest BCUT2D eigenvalue weighted by atomic mass is 19.1. The molecule has 1 unspecified atom stereocenters. The molecule has 4 rings (SSSR count). The Labute approximate surface area is 137 Å². The zero-order chi connectivity index (χ0) is 16.7. The Hall–Kier alpha value is -2.77. The van der Waals surface area contributed by atoms with Gasteiger partial charge in [0.2, 0.25) is 0 Å². The third kappa shape index (κ3) is 2.44. The first-order valence-corrected chi connectivity index (χ1v) is 7.82. The minimum absolute atomic E-state index is 0.00842. The fraction of sp³-hybridized carbons (Fsp3) is 0.375. The number of aryl methyl sites for hydroxylation is 2. The first-order chi connectivity index (χ1) is 11.7. The molecule has 24 heavy (non-hydrogen) atoms. The van der Waals surface area contributed by atoms with Gasteiger partial charge in [-0.2, -0.15) is 5.10 Å². The monoisotopic (exact) mass is 328 g/mol. The van der Waals surface area contributed by atoms with Gasteiger partial charge in [0.25, 0.3) is 0 Å². The molecule has 1 N–H and O–H groups in total. The highest BCUT2D eigenvalue weighted by Crippen LogP contribution is 2.31. The Balaban J connectivity index is 1.75. The molecule has 3 aromatic rings. The number of anilines is 1. The van der Waals surface area contributed by atoms with Gasteiger partial charge in [-0.3, -0.25) is 0 Å². The number of nitrogens with one attached hydrogen (secondary N) is 1. The summed E-state index contributed by atoms with van der Waals surface area (Å²) in [5.41, 5.74) is 0.527. The second kappa shape index (κ2) is 5.70. The maximum absolute atomic E-state index is 13.9. The predicted octanol–water partition coefficient (Wildman–Crippen LogP) is 2.62. The van der Waals surface area contributed by atoms with Crippen molar-refractivity contribution < 1.29 is 9.13 Å². The van der Waals surface area contributed by atoms with Crippen molar-refractivity contribution in [3.8, 4) is 5.75 Å². The van der Waals surface area contributed by atoms with E-state index in [9.17, 15) is 4.39 Å². The summed E-state index contributed by atoms with van der Waals surface area (Å²) in [5.74, 6) is 2.03. The largest absolute Gasteiger partial charge is 0.494 e. The summed E-state index contributed by atoms with van der Waals surface area (Å²) in [6, 6.07) is 2.98. The van der Waals surface area contributed by atoms with E-state index in [1.807, 2.05) is 11.6 Å². The highest BCUT2D eigenvalue weighted by Gasteiger charge is 2.24. The van der Waals surface area contributed by atoms with Gasteiger partial charge in [0, 0.05) is 18.0 Å². The van der Waals surface area contributed by atoms with E-state index in [0.717, 1.165) is 31.0 Å². The lowest BCUT2D eigenvalue weighted by Crippen LogP contribution is -2.23. The molecule has 1 atom stereocenters. The molecule has 3 heterocycles. The van der Waals surface area contributed by atoms with Crippen LogP contribution in [-0.4, -0.2) is 31.8 Å². The molecule has 0 radical (unpaired) electrons. The fourth-order valence-electron chi connectivity index (χ4n) is 3.10. The molecule has 7 nitrogen and oxygen atoms in total. The van der Waals surface area contributed by atoms with Crippen LogP contribution in [-0.2, 0) is 6.54 Å². The molecule has 0 aliphatic carbocycles. The molecule has 0 bridgehead atoms. The summed E-state index contributed by atoms with van der Waals surface area (Å²) in [5, 5.41) is 8.53. The number of ether oxygens (including phenoxy) is 1. The molecule has 0 fully saturated rings. The number of hydrogen-bond acceptors (Lipinski definition) is 6. The summed E-state index contributed by atoms with van der Waals surface area (Å²) in [7, 11) is 1.44. The number of rotatable bonds is 3. The van der Waals surface area contributed by atoms with Crippen LogP contribution < -0.4 is 10.1 Å². The molecule has 124 valence electrons. The van der Waals surface area contributed by atoms with Gasteiger partial charge in [-0.05, 0) is 25.8 Å². The first kappa shape index (κ1) is 14.8. The molecule has 1 aromatic carbocycles. The molecule has 0 spiro atoms. The van der Waals surface area contributed by atoms with Crippen molar-refractivity contribution in [2.75, 3.05) is 12.4 Å². The molecule has 0 amide bonds. The number of halogens is 1. The van der Waals surface area contributed by atoms with Crippen LogP contribution in [0.5, 0.6) is 5.75 Å². The molecule has 1 aliphatic heterocycles. The van der Waals surface area contributed by atoms with E-state index in [2.05, 4.69) is 25.4 Å². The van der Waals surface area contributed by atoms with Crippen molar-refractivity contribution in [1.82, 2.24) is 24.7 Å². The molecule has 0 saturated carbocycles. The van der Waals surface area contributed by atoms with Gasteiger partial charge < -0.3 is 10.1 Å². The van der Waals surface area contributed by atoms with Crippen molar-refractivity contribution in [2.24, 2.45) is 0 Å². The Morgan fingerprint density at radius 3 is 3.04 bits per heavy atom. The summed E-state index contributed by atoms with van der Waals surface area (Å²) in [6.45, 7) is 2.76. The SMILES string of the molecule is COc1cc2c(NC3CCCn4nc(C)nc43)ncnc2cc1F. The second-order valence-corrected chi connectivity index (χ2v) is 5.81. The smallest absolute Gasteiger partial charge is 0.167 e. The van der Waals surface area contributed by atoms with Gasteiger partial charge in [0.1, 0.15) is 23.8 Å². The minimum Gasteiger partial charge on any atom is -0.494 e. The predicted molar refractivity (Wildman–Crippen MR) is 86.4 cm³/mol. The summed E-state index contributed by atoms with van der Waals surface area (Å²) < 4.78 is 20.9. The number of fused-ring (bicyclic) bond motifs is 2. The lowest BCUT2D eigenvalue weighted by Gasteiger charge is -2.24. The van der Waals surface area contributed by atoms with Crippen LogP contribution in [0.3, 0.4) is 0 Å². The summed E-state index contributed by atoms with van der Waals surface area (Å²) in [4.78, 5) is 13.0. The van der Waals surface area contributed by atoms with Gasteiger partial charge in [-0.15, -0.1) is 0 Å². The summed E-state index contributed by atoms with van der Waals surface area (Å²) >= 11 is 0. The number of hydrogen-bond donors (Lipinski definition) is 1. The standard InChI is InChI=1S/C16H17FN6O/c1-9-20-16-12(4-3-5-23(16)22-9)21-15-10-6-14(24-2)11(17)7-13(10)18-8-19-15/h6-8,12H,3-5H2,1-2H3,(H,18,19,21). The van der Waals surface area contributed by atoms with Crippen molar-refractivity contribution >= 4 is 16.7 Å². The van der Waals surface area contributed by atoms with Crippen molar-refractivity contribution in [3.63, 3.8) is 0 Å². The van der Waals surface area contributed by atoms with E-state index in [-0.39, 0.29) is 11.8 Å². The maximum Gasteiger partial charge on any atom is 0.167 e.